The first-order chi connectivity index (χ1) is 8.45. The third kappa shape index (κ3) is 3.96. The van der Waals surface area contributed by atoms with Gasteiger partial charge in [0, 0.05) is 23.2 Å². The van der Waals surface area contributed by atoms with Crippen LogP contribution >= 0.6 is 15.9 Å². The smallest absolute Gasteiger partial charge is 0.292 e. The summed E-state index contributed by atoms with van der Waals surface area (Å²) in [4.78, 5) is 10.5. The van der Waals surface area contributed by atoms with E-state index in [4.69, 9.17) is 5.11 Å². The molecule has 0 bridgehead atoms. The molecule has 18 heavy (non-hydrogen) atoms. The van der Waals surface area contributed by atoms with E-state index in [1.165, 1.54) is 6.07 Å². The summed E-state index contributed by atoms with van der Waals surface area (Å²) < 4.78 is 0.780. The van der Waals surface area contributed by atoms with Crippen LogP contribution in [-0.4, -0.2) is 22.7 Å². The maximum atomic E-state index is 10.9. The van der Waals surface area contributed by atoms with Gasteiger partial charge >= 0.3 is 0 Å². The largest absolute Gasteiger partial charge is 0.396 e. The van der Waals surface area contributed by atoms with Crippen LogP contribution in [-0.2, 0) is 0 Å². The van der Waals surface area contributed by atoms with Crippen LogP contribution < -0.4 is 5.32 Å². The van der Waals surface area contributed by atoms with Gasteiger partial charge in [-0.1, -0.05) is 29.8 Å². The van der Waals surface area contributed by atoms with Gasteiger partial charge in [-0.15, -0.1) is 0 Å². The van der Waals surface area contributed by atoms with E-state index in [1.807, 2.05) is 13.8 Å². The van der Waals surface area contributed by atoms with Crippen molar-refractivity contribution >= 4 is 27.3 Å². The van der Waals surface area contributed by atoms with E-state index in [0.29, 0.717) is 12.1 Å². The van der Waals surface area contributed by atoms with Crippen molar-refractivity contribution in [3.63, 3.8) is 0 Å². The molecule has 0 aromatic heterocycles. The number of nitro benzene ring substituents is 1. The average Bonchev–Trinajstić information content (AvgIpc) is 2.28. The van der Waals surface area contributed by atoms with Crippen LogP contribution in [0, 0.1) is 16.0 Å². The summed E-state index contributed by atoms with van der Waals surface area (Å²) in [5.74, 6) is 0.274. The Morgan fingerprint density at radius 2 is 2.17 bits per heavy atom. The fourth-order valence-electron chi connectivity index (χ4n) is 1.69. The topological polar surface area (TPSA) is 75.4 Å². The number of halogens is 1. The summed E-state index contributed by atoms with van der Waals surface area (Å²) >= 11 is 3.30. The zero-order chi connectivity index (χ0) is 13.7. The number of benzene rings is 1. The van der Waals surface area contributed by atoms with Gasteiger partial charge in [-0.05, 0) is 24.5 Å². The molecule has 0 fully saturated rings. The van der Waals surface area contributed by atoms with Gasteiger partial charge in [-0.2, -0.15) is 0 Å². The molecule has 0 spiro atoms. The zero-order valence-corrected chi connectivity index (χ0v) is 12.0. The van der Waals surface area contributed by atoms with E-state index >= 15 is 0 Å². The second kappa shape index (κ2) is 6.70. The van der Waals surface area contributed by atoms with Gasteiger partial charge in [0.05, 0.1) is 4.92 Å². The molecule has 0 aliphatic heterocycles. The molecule has 2 N–H and O–H groups in total. The quantitative estimate of drug-likeness (QED) is 0.624. The Kier molecular flexibility index (Phi) is 5.55. The van der Waals surface area contributed by atoms with Gasteiger partial charge in [-0.3, -0.25) is 10.1 Å². The molecule has 1 unspecified atom stereocenters. The highest BCUT2D eigenvalue weighted by Gasteiger charge is 2.19. The van der Waals surface area contributed by atoms with Crippen molar-refractivity contribution in [2.24, 2.45) is 5.92 Å². The first-order valence-electron chi connectivity index (χ1n) is 5.77. The van der Waals surface area contributed by atoms with Gasteiger partial charge in [-0.25, -0.2) is 0 Å². The van der Waals surface area contributed by atoms with E-state index in [1.54, 1.807) is 12.1 Å². The van der Waals surface area contributed by atoms with Crippen molar-refractivity contribution in [1.29, 1.82) is 0 Å². The molecule has 0 amide bonds. The minimum atomic E-state index is -0.412. The summed E-state index contributed by atoms with van der Waals surface area (Å²) in [7, 11) is 0. The summed E-state index contributed by atoms with van der Waals surface area (Å²) in [6.45, 7) is 4.08. The molecule has 0 radical (unpaired) electrons. The molecular formula is C12H17BrN2O3. The molecule has 1 aromatic rings. The summed E-state index contributed by atoms with van der Waals surface area (Å²) in [5.41, 5.74) is 0.517. The normalized spacial score (nSPS) is 12.5. The fourth-order valence-corrected chi connectivity index (χ4v) is 2.06. The predicted octanol–water partition coefficient (Wildman–Crippen LogP) is 3.18. The molecule has 0 aliphatic rings. The van der Waals surface area contributed by atoms with Gasteiger partial charge in [0.15, 0.2) is 0 Å². The lowest BCUT2D eigenvalue weighted by atomic mass is 10.0. The van der Waals surface area contributed by atoms with Crippen LogP contribution in [0.5, 0.6) is 0 Å². The number of nitrogens with one attached hydrogen (secondary N) is 1. The Hall–Kier alpha value is -1.14. The number of hydrogen-bond donors (Lipinski definition) is 2. The molecule has 1 rings (SSSR count). The molecule has 100 valence electrons. The maximum absolute atomic E-state index is 10.9. The predicted molar refractivity (Wildman–Crippen MR) is 74.7 cm³/mol. The number of anilines is 1. The van der Waals surface area contributed by atoms with E-state index in [9.17, 15) is 10.1 Å². The molecule has 5 nitrogen and oxygen atoms in total. The van der Waals surface area contributed by atoms with E-state index < -0.39 is 4.92 Å². The molecule has 1 atom stereocenters. The molecule has 6 heteroatoms. The third-order valence-corrected chi connectivity index (χ3v) is 3.23. The highest BCUT2D eigenvalue weighted by molar-refractivity contribution is 9.10. The van der Waals surface area contributed by atoms with E-state index in [-0.39, 0.29) is 24.3 Å². The zero-order valence-electron chi connectivity index (χ0n) is 10.4. The average molecular weight is 317 g/mol. The monoisotopic (exact) mass is 316 g/mol. The molecular weight excluding hydrogens is 300 g/mol. The Labute approximate surface area is 114 Å². The van der Waals surface area contributed by atoms with Crippen LogP contribution in [0.3, 0.4) is 0 Å². The SMILES string of the molecule is CC(C)C(CCO)Nc1cc(Br)ccc1[N+](=O)[O-]. The van der Waals surface area contributed by atoms with E-state index in [2.05, 4.69) is 21.2 Å². The number of aliphatic hydroxyl groups excluding tert-OH is 1. The van der Waals surface area contributed by atoms with Crippen LogP contribution in [0.4, 0.5) is 11.4 Å². The van der Waals surface area contributed by atoms with Gasteiger partial charge in [0.1, 0.15) is 5.69 Å². The van der Waals surface area contributed by atoms with Crippen LogP contribution in [0.1, 0.15) is 20.3 Å². The standard InChI is InChI=1S/C12H17BrN2O3/c1-8(2)10(5-6-16)14-11-7-9(13)3-4-12(11)15(17)18/h3-4,7-8,10,14,16H,5-6H2,1-2H3. The number of nitrogens with zero attached hydrogens (tertiary/aromatic N) is 1. The van der Waals surface area contributed by atoms with Crippen molar-refractivity contribution in [2.45, 2.75) is 26.3 Å². The number of nitro groups is 1. The van der Waals surface area contributed by atoms with Crippen molar-refractivity contribution in [3.8, 4) is 0 Å². The minimum Gasteiger partial charge on any atom is -0.396 e. The second-order valence-corrected chi connectivity index (χ2v) is 5.34. The van der Waals surface area contributed by atoms with Crippen molar-refractivity contribution in [3.05, 3.63) is 32.8 Å². The van der Waals surface area contributed by atoms with Crippen LogP contribution in [0.2, 0.25) is 0 Å². The Morgan fingerprint density at radius 1 is 1.50 bits per heavy atom. The van der Waals surface area contributed by atoms with Crippen molar-refractivity contribution in [1.82, 2.24) is 0 Å². The Bertz CT molecular complexity index is 424. The van der Waals surface area contributed by atoms with Gasteiger partial charge in [0.2, 0.25) is 0 Å². The number of rotatable bonds is 6. The van der Waals surface area contributed by atoms with Gasteiger partial charge < -0.3 is 10.4 Å². The highest BCUT2D eigenvalue weighted by atomic mass is 79.9. The first-order valence-corrected chi connectivity index (χ1v) is 6.56. The minimum absolute atomic E-state index is 0.00278. The molecule has 1 aromatic carbocycles. The number of aliphatic hydroxyl groups is 1. The van der Waals surface area contributed by atoms with Gasteiger partial charge in [0.25, 0.3) is 5.69 Å². The van der Waals surface area contributed by atoms with Crippen LogP contribution in [0.15, 0.2) is 22.7 Å². The maximum Gasteiger partial charge on any atom is 0.292 e. The lowest BCUT2D eigenvalue weighted by molar-refractivity contribution is -0.384. The second-order valence-electron chi connectivity index (χ2n) is 4.43. The molecule has 0 heterocycles. The Morgan fingerprint density at radius 3 is 2.67 bits per heavy atom. The summed E-state index contributed by atoms with van der Waals surface area (Å²) in [6, 6.07) is 4.79. The summed E-state index contributed by atoms with van der Waals surface area (Å²) in [5, 5.41) is 23.1. The highest BCUT2D eigenvalue weighted by Crippen LogP contribution is 2.29. The van der Waals surface area contributed by atoms with Crippen molar-refractivity contribution in [2.75, 3.05) is 11.9 Å². The van der Waals surface area contributed by atoms with Crippen LogP contribution in [0.25, 0.3) is 0 Å². The Balaban J connectivity index is 3.00. The first kappa shape index (κ1) is 14.9. The summed E-state index contributed by atoms with van der Waals surface area (Å²) in [6.07, 6.45) is 0.557. The lowest BCUT2D eigenvalue weighted by Gasteiger charge is -2.22. The van der Waals surface area contributed by atoms with Crippen molar-refractivity contribution < 1.29 is 10.0 Å². The third-order valence-electron chi connectivity index (χ3n) is 2.74. The fraction of sp³-hybridized carbons (Fsp3) is 0.500. The molecule has 0 saturated heterocycles. The number of hydrogen-bond acceptors (Lipinski definition) is 4. The molecule has 0 saturated carbocycles. The lowest BCUT2D eigenvalue weighted by Crippen LogP contribution is -2.27. The molecule has 0 aliphatic carbocycles. The van der Waals surface area contributed by atoms with E-state index in [0.717, 1.165) is 4.47 Å².